The summed E-state index contributed by atoms with van der Waals surface area (Å²) in [6, 6.07) is 14.9. The van der Waals surface area contributed by atoms with Gasteiger partial charge < -0.3 is 10.1 Å². The number of hydrogen-bond donors (Lipinski definition) is 1. The van der Waals surface area contributed by atoms with Gasteiger partial charge in [0.15, 0.2) is 11.5 Å². The molecule has 0 fully saturated rings. The number of ether oxygens (including phenoxy) is 1. The van der Waals surface area contributed by atoms with E-state index in [2.05, 4.69) is 27.9 Å². The zero-order chi connectivity index (χ0) is 22.0. The predicted molar refractivity (Wildman–Crippen MR) is 119 cm³/mol. The molecule has 6 nitrogen and oxygen atoms in total. The van der Waals surface area contributed by atoms with Crippen LogP contribution in [0, 0.1) is 11.3 Å². The fourth-order valence-electron chi connectivity index (χ4n) is 3.34. The van der Waals surface area contributed by atoms with Gasteiger partial charge >= 0.3 is 0 Å². The minimum atomic E-state index is -1.37. The lowest BCUT2D eigenvalue weighted by atomic mass is 10.0. The van der Waals surface area contributed by atoms with Gasteiger partial charge in [0.25, 0.3) is 0 Å². The minimum absolute atomic E-state index is 0.461. The second-order valence-corrected chi connectivity index (χ2v) is 7.08. The number of nitrogens with one attached hydrogen (secondary N) is 1. The normalized spacial score (nSPS) is 11.7. The summed E-state index contributed by atoms with van der Waals surface area (Å²) in [6.07, 6.45) is 3.88. The van der Waals surface area contributed by atoms with Crippen molar-refractivity contribution in [1.29, 1.82) is 5.26 Å². The highest BCUT2D eigenvalue weighted by Gasteiger charge is 2.12. The summed E-state index contributed by atoms with van der Waals surface area (Å²) in [5.74, 6) is 1.02. The molecule has 0 aliphatic heterocycles. The van der Waals surface area contributed by atoms with Crippen molar-refractivity contribution in [3.63, 3.8) is 0 Å². The van der Waals surface area contributed by atoms with Crippen LogP contribution in [0.1, 0.15) is 25.0 Å². The van der Waals surface area contributed by atoms with Crippen LogP contribution in [0.3, 0.4) is 0 Å². The van der Waals surface area contributed by atoms with Gasteiger partial charge in [0.05, 0.1) is 23.5 Å². The molecule has 2 aromatic carbocycles. The second kappa shape index (κ2) is 8.28. The third kappa shape index (κ3) is 4.09. The number of aromatic nitrogens is 3. The van der Waals surface area contributed by atoms with Crippen LogP contribution in [-0.4, -0.2) is 20.7 Å². The molecule has 0 aliphatic rings. The summed E-state index contributed by atoms with van der Waals surface area (Å²) >= 11 is 0. The lowest BCUT2D eigenvalue weighted by Crippen LogP contribution is -2.03. The van der Waals surface area contributed by atoms with Crippen LogP contribution in [0.2, 0.25) is 0 Å². The van der Waals surface area contributed by atoms with Gasteiger partial charge in [0.2, 0.25) is 6.36 Å². The largest absolute Gasteiger partial charge is 0.461 e. The molecular weight excluding hydrogens is 393 g/mol. The summed E-state index contributed by atoms with van der Waals surface area (Å²) in [7, 11) is 0. The summed E-state index contributed by atoms with van der Waals surface area (Å²) < 4.78 is 20.0. The molecule has 7 heteroatoms. The fraction of sp³-hybridized carbons (Fsp3) is 0.125. The van der Waals surface area contributed by atoms with E-state index in [-0.39, 0.29) is 0 Å². The van der Waals surface area contributed by atoms with Crippen LogP contribution in [-0.2, 0) is 0 Å². The molecule has 31 heavy (non-hydrogen) atoms. The molecule has 1 N–H and O–H groups in total. The molecule has 0 saturated heterocycles. The van der Waals surface area contributed by atoms with Crippen molar-refractivity contribution in [2.75, 3.05) is 5.32 Å². The average Bonchev–Trinajstić information content (AvgIpc) is 3.19. The van der Waals surface area contributed by atoms with Crippen LogP contribution in [0.4, 0.5) is 15.9 Å². The molecule has 0 bridgehead atoms. The van der Waals surface area contributed by atoms with Gasteiger partial charge in [-0.1, -0.05) is 12.6 Å². The molecule has 2 heterocycles. The van der Waals surface area contributed by atoms with Gasteiger partial charge in [0.1, 0.15) is 5.75 Å². The number of anilines is 2. The molecule has 1 unspecified atom stereocenters. The van der Waals surface area contributed by atoms with E-state index < -0.39 is 6.36 Å². The molecule has 1 atom stereocenters. The van der Waals surface area contributed by atoms with Crippen LogP contribution >= 0.6 is 0 Å². The quantitative estimate of drug-likeness (QED) is 0.436. The topological polar surface area (TPSA) is 75.2 Å². The van der Waals surface area contributed by atoms with Crippen molar-refractivity contribution in [2.24, 2.45) is 0 Å². The Morgan fingerprint density at radius 3 is 2.68 bits per heavy atom. The Morgan fingerprint density at radius 1 is 1.23 bits per heavy atom. The Bertz CT molecular complexity index is 1300. The summed E-state index contributed by atoms with van der Waals surface area (Å²) in [4.78, 5) is 8.93. The SMILES string of the molecule is C=C(C)c1ccc(Nc2nccn3c(-c4ccc(OC(C)F)cc4)cnc23)cc1C#N. The Balaban J connectivity index is 1.67. The van der Waals surface area contributed by atoms with E-state index in [4.69, 9.17) is 4.74 Å². The number of hydrogen-bond acceptors (Lipinski definition) is 5. The van der Waals surface area contributed by atoms with E-state index in [1.807, 2.05) is 41.8 Å². The third-order valence-electron chi connectivity index (χ3n) is 4.74. The maximum atomic E-state index is 13.0. The number of fused-ring (bicyclic) bond motifs is 1. The first-order valence-electron chi connectivity index (χ1n) is 9.66. The number of alkyl halides is 1. The first kappa shape index (κ1) is 20.1. The highest BCUT2D eigenvalue weighted by Crippen LogP contribution is 2.28. The molecule has 154 valence electrons. The number of rotatable bonds is 6. The Labute approximate surface area is 179 Å². The second-order valence-electron chi connectivity index (χ2n) is 7.08. The van der Waals surface area contributed by atoms with Crippen molar-refractivity contribution in [3.05, 3.63) is 78.8 Å². The highest BCUT2D eigenvalue weighted by molar-refractivity contribution is 5.76. The van der Waals surface area contributed by atoms with Crippen molar-refractivity contribution >= 4 is 22.7 Å². The van der Waals surface area contributed by atoms with Crippen LogP contribution < -0.4 is 10.1 Å². The number of benzene rings is 2. The van der Waals surface area contributed by atoms with E-state index in [1.54, 1.807) is 30.6 Å². The number of allylic oxidation sites excluding steroid dienone is 1. The Hall–Kier alpha value is -4.18. The first-order chi connectivity index (χ1) is 15.0. The zero-order valence-electron chi connectivity index (χ0n) is 17.1. The van der Waals surface area contributed by atoms with Crippen LogP contribution in [0.5, 0.6) is 5.75 Å². The van der Waals surface area contributed by atoms with Gasteiger partial charge in [-0.05, 0) is 54.5 Å². The smallest absolute Gasteiger partial charge is 0.235 e. The maximum absolute atomic E-state index is 13.0. The van der Waals surface area contributed by atoms with Gasteiger partial charge in [0, 0.05) is 30.6 Å². The molecule has 2 aromatic heterocycles. The number of imidazole rings is 1. The van der Waals surface area contributed by atoms with E-state index >= 15 is 0 Å². The third-order valence-corrected chi connectivity index (χ3v) is 4.74. The minimum Gasteiger partial charge on any atom is -0.461 e. The maximum Gasteiger partial charge on any atom is 0.235 e. The highest BCUT2D eigenvalue weighted by atomic mass is 19.1. The predicted octanol–water partition coefficient (Wildman–Crippen LogP) is 5.74. The van der Waals surface area contributed by atoms with Gasteiger partial charge in [-0.2, -0.15) is 5.26 Å². The van der Waals surface area contributed by atoms with E-state index in [1.165, 1.54) is 6.92 Å². The van der Waals surface area contributed by atoms with Crippen LogP contribution in [0.25, 0.3) is 22.5 Å². The summed E-state index contributed by atoms with van der Waals surface area (Å²) in [6.45, 7) is 7.12. The fourth-order valence-corrected chi connectivity index (χ4v) is 3.34. The van der Waals surface area contributed by atoms with E-state index in [9.17, 15) is 9.65 Å². The molecule has 4 rings (SSSR count). The van der Waals surface area contributed by atoms with Gasteiger partial charge in [-0.3, -0.25) is 4.40 Å². The Kier molecular flexibility index (Phi) is 5.37. The lowest BCUT2D eigenvalue weighted by molar-refractivity contribution is 0.0861. The van der Waals surface area contributed by atoms with E-state index in [0.717, 1.165) is 28.1 Å². The first-order valence-corrected chi connectivity index (χ1v) is 9.66. The van der Waals surface area contributed by atoms with Crippen molar-refractivity contribution in [3.8, 4) is 23.1 Å². The molecule has 0 radical (unpaired) electrons. The Morgan fingerprint density at radius 2 is 2.00 bits per heavy atom. The monoisotopic (exact) mass is 413 g/mol. The van der Waals surface area contributed by atoms with Crippen molar-refractivity contribution < 1.29 is 9.13 Å². The molecule has 4 aromatic rings. The number of nitrogens with zero attached hydrogens (tertiary/aromatic N) is 4. The molecule has 0 spiro atoms. The summed E-state index contributed by atoms with van der Waals surface area (Å²) in [5, 5.41) is 12.7. The van der Waals surface area contributed by atoms with Crippen molar-refractivity contribution in [1.82, 2.24) is 14.4 Å². The molecule has 0 aliphatic carbocycles. The van der Waals surface area contributed by atoms with Crippen LogP contribution in [0.15, 0.2) is 67.6 Å². The lowest BCUT2D eigenvalue weighted by Gasteiger charge is -2.10. The molecule has 0 amide bonds. The molecule has 0 saturated carbocycles. The standard InChI is InChI=1S/C24H20FN5O/c1-15(2)21-9-6-19(12-18(21)13-26)29-23-24-28-14-22(30(24)11-10-27-23)17-4-7-20(8-5-17)31-16(3)25/h4-12,14,16H,1H2,2-3H3,(H,27,29). The number of halogens is 1. The van der Waals surface area contributed by atoms with Crippen molar-refractivity contribution in [2.45, 2.75) is 20.2 Å². The molecular formula is C24H20FN5O. The van der Waals surface area contributed by atoms with Gasteiger partial charge in [-0.25, -0.2) is 14.4 Å². The van der Waals surface area contributed by atoms with Gasteiger partial charge in [-0.15, -0.1) is 0 Å². The van der Waals surface area contributed by atoms with E-state index in [0.29, 0.717) is 22.8 Å². The zero-order valence-corrected chi connectivity index (χ0v) is 17.1. The number of nitriles is 1. The average molecular weight is 413 g/mol. The summed E-state index contributed by atoms with van der Waals surface area (Å²) in [5.41, 5.74) is 5.32.